The monoisotopic (exact) mass is 287 g/mol. The van der Waals surface area contributed by atoms with Gasteiger partial charge in [0.2, 0.25) is 0 Å². The smallest absolute Gasteiger partial charge is 0.340 e. The summed E-state index contributed by atoms with van der Waals surface area (Å²) >= 11 is 1.58. The molecule has 0 aliphatic heterocycles. The van der Waals surface area contributed by atoms with Crippen LogP contribution in [-0.2, 0) is 4.74 Å². The van der Waals surface area contributed by atoms with Gasteiger partial charge in [0.05, 0.1) is 33.8 Å². The summed E-state index contributed by atoms with van der Waals surface area (Å²) in [6, 6.07) is 5.41. The summed E-state index contributed by atoms with van der Waals surface area (Å²) in [6.07, 6.45) is 0. The SMILES string of the molecule is COC(=O)c1cccc2[nH]c(-c3sc(C)nc3C)nc12. The highest BCUT2D eigenvalue weighted by Gasteiger charge is 2.16. The van der Waals surface area contributed by atoms with Crippen molar-refractivity contribution in [2.24, 2.45) is 0 Å². The van der Waals surface area contributed by atoms with Crippen molar-refractivity contribution in [2.75, 3.05) is 7.11 Å². The Morgan fingerprint density at radius 1 is 1.30 bits per heavy atom. The molecule has 3 rings (SSSR count). The number of ether oxygens (including phenoxy) is 1. The molecule has 0 fully saturated rings. The van der Waals surface area contributed by atoms with E-state index in [0.29, 0.717) is 11.1 Å². The molecule has 0 saturated carbocycles. The lowest BCUT2D eigenvalue weighted by Crippen LogP contribution is -2.01. The van der Waals surface area contributed by atoms with Crippen LogP contribution in [0, 0.1) is 13.8 Å². The quantitative estimate of drug-likeness (QED) is 0.735. The maximum Gasteiger partial charge on any atom is 0.340 e. The Bertz CT molecular complexity index is 804. The number of carbonyl (C=O) groups is 1. The van der Waals surface area contributed by atoms with Gasteiger partial charge in [0, 0.05) is 0 Å². The number of methoxy groups -OCH3 is 1. The van der Waals surface area contributed by atoms with E-state index in [1.54, 1.807) is 23.5 Å². The molecule has 1 aromatic carbocycles. The minimum absolute atomic E-state index is 0.383. The molecular formula is C14H13N3O2S. The molecule has 102 valence electrons. The topological polar surface area (TPSA) is 67.9 Å². The number of para-hydroxylation sites is 1. The maximum atomic E-state index is 11.8. The first-order valence-electron chi connectivity index (χ1n) is 6.11. The summed E-state index contributed by atoms with van der Waals surface area (Å²) < 4.78 is 4.78. The molecule has 0 aliphatic carbocycles. The number of H-pyrrole nitrogens is 1. The number of hydrogen-bond donors (Lipinski definition) is 1. The van der Waals surface area contributed by atoms with Gasteiger partial charge >= 0.3 is 5.97 Å². The van der Waals surface area contributed by atoms with E-state index in [2.05, 4.69) is 15.0 Å². The highest BCUT2D eigenvalue weighted by molar-refractivity contribution is 7.15. The Morgan fingerprint density at radius 2 is 2.10 bits per heavy atom. The molecule has 0 bridgehead atoms. The van der Waals surface area contributed by atoms with Crippen molar-refractivity contribution in [1.82, 2.24) is 15.0 Å². The molecule has 0 aliphatic rings. The zero-order chi connectivity index (χ0) is 14.3. The molecule has 3 aromatic rings. The Kier molecular flexibility index (Phi) is 3.02. The molecule has 5 nitrogen and oxygen atoms in total. The standard InChI is InChI=1S/C14H13N3O2S/c1-7-12(20-8(2)15-7)13-16-10-6-4-5-9(11(10)17-13)14(18)19-3/h4-6H,1-3H3,(H,16,17). The van der Waals surface area contributed by atoms with Gasteiger partial charge in [0.25, 0.3) is 0 Å². The third-order valence-corrected chi connectivity index (χ3v) is 4.12. The van der Waals surface area contributed by atoms with Gasteiger partial charge in [0.1, 0.15) is 5.52 Å². The van der Waals surface area contributed by atoms with Crippen molar-refractivity contribution < 1.29 is 9.53 Å². The molecule has 2 aromatic heterocycles. The summed E-state index contributed by atoms with van der Waals surface area (Å²) in [6.45, 7) is 3.91. The van der Waals surface area contributed by atoms with E-state index in [4.69, 9.17) is 4.74 Å². The molecular weight excluding hydrogens is 274 g/mol. The highest BCUT2D eigenvalue weighted by atomic mass is 32.1. The van der Waals surface area contributed by atoms with Gasteiger partial charge in [-0.25, -0.2) is 14.8 Å². The number of rotatable bonds is 2. The van der Waals surface area contributed by atoms with Gasteiger partial charge < -0.3 is 9.72 Å². The Hall–Kier alpha value is -2.21. The van der Waals surface area contributed by atoms with Crippen LogP contribution in [0.3, 0.4) is 0 Å². The van der Waals surface area contributed by atoms with E-state index < -0.39 is 0 Å². The largest absolute Gasteiger partial charge is 0.465 e. The number of imidazole rings is 1. The predicted molar refractivity (Wildman–Crippen MR) is 78.0 cm³/mol. The van der Waals surface area contributed by atoms with Crippen LogP contribution in [-0.4, -0.2) is 28.0 Å². The summed E-state index contributed by atoms with van der Waals surface area (Å²) in [4.78, 5) is 24.9. The molecule has 0 saturated heterocycles. The van der Waals surface area contributed by atoms with Crippen molar-refractivity contribution in [3.8, 4) is 10.7 Å². The molecule has 6 heteroatoms. The van der Waals surface area contributed by atoms with Crippen molar-refractivity contribution in [3.05, 3.63) is 34.5 Å². The number of aromatic nitrogens is 3. The van der Waals surface area contributed by atoms with Crippen molar-refractivity contribution in [3.63, 3.8) is 0 Å². The van der Waals surface area contributed by atoms with Gasteiger partial charge in [-0.2, -0.15) is 0 Å². The molecule has 0 amide bonds. The van der Waals surface area contributed by atoms with Gasteiger partial charge in [-0.1, -0.05) is 6.07 Å². The molecule has 0 unspecified atom stereocenters. The molecule has 20 heavy (non-hydrogen) atoms. The van der Waals surface area contributed by atoms with Crippen molar-refractivity contribution >= 4 is 28.3 Å². The Labute approximate surface area is 119 Å². The lowest BCUT2D eigenvalue weighted by molar-refractivity contribution is 0.0603. The Balaban J connectivity index is 2.21. The van der Waals surface area contributed by atoms with Gasteiger partial charge in [-0.05, 0) is 26.0 Å². The summed E-state index contributed by atoms with van der Waals surface area (Å²) in [7, 11) is 1.37. The number of nitrogens with one attached hydrogen (secondary N) is 1. The average Bonchev–Trinajstić information content (AvgIpc) is 3.00. The van der Waals surface area contributed by atoms with Gasteiger partial charge in [-0.3, -0.25) is 0 Å². The molecule has 2 heterocycles. The minimum Gasteiger partial charge on any atom is -0.465 e. The molecule has 0 atom stereocenters. The predicted octanol–water partition coefficient (Wildman–Crippen LogP) is 3.09. The number of aryl methyl sites for hydroxylation is 2. The number of thiazole rings is 1. The fourth-order valence-corrected chi connectivity index (χ4v) is 3.03. The number of hydrogen-bond acceptors (Lipinski definition) is 5. The normalized spacial score (nSPS) is 10.9. The molecule has 1 N–H and O–H groups in total. The van der Waals surface area contributed by atoms with Crippen LogP contribution >= 0.6 is 11.3 Å². The van der Waals surface area contributed by atoms with Crippen LogP contribution in [0.2, 0.25) is 0 Å². The van der Waals surface area contributed by atoms with Crippen LogP contribution in [0.1, 0.15) is 21.1 Å². The van der Waals surface area contributed by atoms with Crippen LogP contribution in [0.4, 0.5) is 0 Å². The highest BCUT2D eigenvalue weighted by Crippen LogP contribution is 2.30. The lowest BCUT2D eigenvalue weighted by Gasteiger charge is -1.98. The van der Waals surface area contributed by atoms with Crippen LogP contribution < -0.4 is 0 Å². The first-order chi connectivity index (χ1) is 9.60. The lowest BCUT2D eigenvalue weighted by atomic mass is 10.2. The second kappa shape index (κ2) is 4.72. The number of esters is 1. The maximum absolute atomic E-state index is 11.8. The third-order valence-electron chi connectivity index (χ3n) is 3.04. The number of benzene rings is 1. The first kappa shape index (κ1) is 12.8. The van der Waals surface area contributed by atoms with E-state index in [9.17, 15) is 4.79 Å². The zero-order valence-electron chi connectivity index (χ0n) is 11.4. The molecule has 0 radical (unpaired) electrons. The fourth-order valence-electron chi connectivity index (χ4n) is 2.17. The van der Waals surface area contributed by atoms with E-state index in [0.717, 1.165) is 26.9 Å². The molecule has 0 spiro atoms. The van der Waals surface area contributed by atoms with E-state index in [-0.39, 0.29) is 5.97 Å². The van der Waals surface area contributed by atoms with E-state index in [1.165, 1.54) is 7.11 Å². The first-order valence-corrected chi connectivity index (χ1v) is 6.93. The van der Waals surface area contributed by atoms with Crippen molar-refractivity contribution in [2.45, 2.75) is 13.8 Å². The minimum atomic E-state index is -0.383. The summed E-state index contributed by atoms with van der Waals surface area (Å²) in [5.41, 5.74) is 2.84. The second-order valence-electron chi connectivity index (χ2n) is 4.43. The van der Waals surface area contributed by atoms with Gasteiger partial charge in [-0.15, -0.1) is 11.3 Å². The average molecular weight is 287 g/mol. The second-order valence-corrected chi connectivity index (χ2v) is 5.63. The van der Waals surface area contributed by atoms with Crippen molar-refractivity contribution in [1.29, 1.82) is 0 Å². The number of aromatic amines is 1. The number of fused-ring (bicyclic) bond motifs is 1. The number of carbonyl (C=O) groups excluding carboxylic acids is 1. The third kappa shape index (κ3) is 1.98. The Morgan fingerprint density at radius 3 is 2.75 bits per heavy atom. The fraction of sp³-hybridized carbons (Fsp3) is 0.214. The zero-order valence-corrected chi connectivity index (χ0v) is 12.2. The summed E-state index contributed by atoms with van der Waals surface area (Å²) in [5.74, 6) is 0.352. The van der Waals surface area contributed by atoms with Gasteiger partial charge in [0.15, 0.2) is 5.82 Å². The van der Waals surface area contributed by atoms with E-state index in [1.807, 2.05) is 19.9 Å². The van der Waals surface area contributed by atoms with E-state index >= 15 is 0 Å². The van der Waals surface area contributed by atoms with Crippen LogP contribution in [0.5, 0.6) is 0 Å². The summed E-state index contributed by atoms with van der Waals surface area (Å²) in [5, 5.41) is 0.992. The number of nitrogens with zero attached hydrogens (tertiary/aromatic N) is 2. The van der Waals surface area contributed by atoms with Crippen LogP contribution in [0.15, 0.2) is 18.2 Å². The van der Waals surface area contributed by atoms with Crippen LogP contribution in [0.25, 0.3) is 21.7 Å².